The van der Waals surface area contributed by atoms with E-state index in [2.05, 4.69) is 41.5 Å². The summed E-state index contributed by atoms with van der Waals surface area (Å²) in [6.45, 7) is 3.59. The number of carbonyl (C=O) groups excluding carboxylic acids is 1. The molecule has 29 heavy (non-hydrogen) atoms. The van der Waals surface area contributed by atoms with Gasteiger partial charge in [0.25, 0.3) is 0 Å². The summed E-state index contributed by atoms with van der Waals surface area (Å²) in [4.78, 5) is 29.2. The van der Waals surface area contributed by atoms with Gasteiger partial charge in [-0.25, -0.2) is 9.78 Å². The minimum Gasteiger partial charge on any atom is -0.476 e. The highest BCUT2D eigenvalue weighted by Gasteiger charge is 2.30. The number of likely N-dealkylation sites (tertiary alicyclic amines) is 1. The smallest absolute Gasteiger partial charge is 0.355 e. The Labute approximate surface area is 179 Å². The molecule has 1 unspecified atom stereocenters. The van der Waals surface area contributed by atoms with Crippen LogP contribution in [0.15, 0.2) is 34.0 Å². The molecule has 0 spiro atoms. The summed E-state index contributed by atoms with van der Waals surface area (Å²) < 4.78 is 0.729. The van der Waals surface area contributed by atoms with E-state index in [1.165, 1.54) is 41.5 Å². The first-order valence-electron chi connectivity index (χ1n) is 10.0. The van der Waals surface area contributed by atoms with Crippen molar-refractivity contribution in [3.8, 4) is 0 Å². The second-order valence-corrected chi connectivity index (χ2v) is 9.31. The predicted octanol–water partition coefficient (Wildman–Crippen LogP) is 4.38. The molecule has 2 aromatic rings. The highest BCUT2D eigenvalue weighted by molar-refractivity contribution is 8.01. The quantitative estimate of drug-likeness (QED) is 0.512. The minimum absolute atomic E-state index is 0.0811. The third-order valence-electron chi connectivity index (χ3n) is 5.03. The van der Waals surface area contributed by atoms with E-state index in [1.54, 1.807) is 5.38 Å². The van der Waals surface area contributed by atoms with Gasteiger partial charge in [0.15, 0.2) is 10.0 Å². The molecule has 6 nitrogen and oxygen atoms in total. The van der Waals surface area contributed by atoms with Gasteiger partial charge in [-0.05, 0) is 37.0 Å². The summed E-state index contributed by atoms with van der Waals surface area (Å²) in [5, 5.41) is 14.0. The van der Waals surface area contributed by atoms with Gasteiger partial charge in [-0.3, -0.25) is 4.79 Å². The molecule has 1 fully saturated rings. The lowest BCUT2D eigenvalue weighted by Gasteiger charge is -2.25. The van der Waals surface area contributed by atoms with E-state index in [9.17, 15) is 9.59 Å². The third-order valence-corrected chi connectivity index (χ3v) is 7.03. The molecule has 2 N–H and O–H groups in total. The van der Waals surface area contributed by atoms with Crippen LogP contribution in [0.3, 0.4) is 0 Å². The normalized spacial score (nSPS) is 16.4. The molecule has 1 aliphatic heterocycles. The number of nitrogens with zero attached hydrogens (tertiary/aromatic N) is 2. The molecule has 1 atom stereocenters. The fourth-order valence-electron chi connectivity index (χ4n) is 3.37. The maximum atomic E-state index is 12.3. The number of thioether (sulfide) groups is 1. The van der Waals surface area contributed by atoms with Crippen molar-refractivity contribution in [2.75, 3.05) is 24.2 Å². The van der Waals surface area contributed by atoms with Crippen LogP contribution in [0.4, 0.5) is 5.69 Å². The first-order chi connectivity index (χ1) is 14.1. The Balaban J connectivity index is 1.46. The lowest BCUT2D eigenvalue weighted by atomic mass is 10.1. The number of rotatable bonds is 11. The van der Waals surface area contributed by atoms with E-state index in [1.807, 2.05) is 4.90 Å². The van der Waals surface area contributed by atoms with E-state index in [-0.39, 0.29) is 17.6 Å². The predicted molar refractivity (Wildman–Crippen MR) is 118 cm³/mol. The number of anilines is 1. The van der Waals surface area contributed by atoms with E-state index in [0.717, 1.165) is 29.4 Å². The number of carbonyl (C=O) groups is 2. The Morgan fingerprint density at radius 1 is 1.38 bits per heavy atom. The van der Waals surface area contributed by atoms with Crippen molar-refractivity contribution >= 4 is 40.7 Å². The van der Waals surface area contributed by atoms with Crippen LogP contribution in [0.2, 0.25) is 0 Å². The number of nitrogens with one attached hydrogen (secondary N) is 1. The molecular formula is C21H27N3O3S2. The molecule has 1 aliphatic rings. The molecular weight excluding hydrogens is 406 g/mol. The van der Waals surface area contributed by atoms with Crippen LogP contribution >= 0.6 is 23.1 Å². The molecule has 0 radical (unpaired) electrons. The Hall–Kier alpha value is -2.06. The maximum absolute atomic E-state index is 12.3. The van der Waals surface area contributed by atoms with E-state index < -0.39 is 5.97 Å². The SMILES string of the molecule is CCCCc1ccc(NCC2CCC(=O)N2CCSc2nc(C(=O)O)cs2)cc1. The highest BCUT2D eigenvalue weighted by Crippen LogP contribution is 2.25. The lowest BCUT2D eigenvalue weighted by molar-refractivity contribution is -0.128. The monoisotopic (exact) mass is 433 g/mol. The van der Waals surface area contributed by atoms with Crippen LogP contribution in [0.5, 0.6) is 0 Å². The number of aryl methyl sites for hydroxylation is 1. The average Bonchev–Trinajstić information content (AvgIpc) is 3.33. The molecule has 3 rings (SSSR count). The molecule has 0 saturated carbocycles. The topological polar surface area (TPSA) is 82.5 Å². The van der Waals surface area contributed by atoms with Gasteiger partial charge in [-0.1, -0.05) is 37.2 Å². The second-order valence-electron chi connectivity index (χ2n) is 7.11. The van der Waals surface area contributed by atoms with Crippen LogP contribution in [-0.2, 0) is 11.2 Å². The van der Waals surface area contributed by atoms with Crippen LogP contribution < -0.4 is 5.32 Å². The van der Waals surface area contributed by atoms with E-state index in [0.29, 0.717) is 18.7 Å². The lowest BCUT2D eigenvalue weighted by Crippen LogP contribution is -2.39. The van der Waals surface area contributed by atoms with Crippen LogP contribution in [0.25, 0.3) is 0 Å². The van der Waals surface area contributed by atoms with Crippen LogP contribution in [0, 0.1) is 0 Å². The van der Waals surface area contributed by atoms with Gasteiger partial charge in [0, 0.05) is 42.4 Å². The maximum Gasteiger partial charge on any atom is 0.355 e. The van der Waals surface area contributed by atoms with E-state index in [4.69, 9.17) is 5.11 Å². The van der Waals surface area contributed by atoms with Crippen molar-refractivity contribution in [1.29, 1.82) is 0 Å². The third kappa shape index (κ3) is 6.21. The van der Waals surface area contributed by atoms with Crippen molar-refractivity contribution in [3.05, 3.63) is 40.9 Å². The molecule has 1 aromatic heterocycles. The zero-order valence-corrected chi connectivity index (χ0v) is 18.2. The summed E-state index contributed by atoms with van der Waals surface area (Å²) in [7, 11) is 0. The van der Waals surface area contributed by atoms with Crippen molar-refractivity contribution < 1.29 is 14.7 Å². The average molecular weight is 434 g/mol. The standard InChI is InChI=1S/C21H27N3O3S2/c1-2-3-4-15-5-7-16(8-6-15)22-13-17-9-10-19(25)24(17)11-12-28-21-23-18(14-29-21)20(26)27/h5-8,14,17,22H,2-4,9-13H2,1H3,(H,26,27). The Morgan fingerprint density at radius 3 is 2.86 bits per heavy atom. The van der Waals surface area contributed by atoms with Gasteiger partial charge in [0.05, 0.1) is 0 Å². The van der Waals surface area contributed by atoms with Crippen LogP contribution in [0.1, 0.15) is 48.7 Å². The molecule has 1 saturated heterocycles. The molecule has 156 valence electrons. The van der Waals surface area contributed by atoms with Crippen molar-refractivity contribution in [2.24, 2.45) is 0 Å². The molecule has 1 amide bonds. The van der Waals surface area contributed by atoms with Crippen molar-refractivity contribution in [2.45, 2.75) is 49.4 Å². The summed E-state index contributed by atoms with van der Waals surface area (Å²) in [6.07, 6.45) is 4.99. The number of hydrogen-bond donors (Lipinski definition) is 2. The fraction of sp³-hybridized carbons (Fsp3) is 0.476. The number of carboxylic acid groups (broad SMARTS) is 1. The number of benzene rings is 1. The van der Waals surface area contributed by atoms with Gasteiger partial charge in [0.2, 0.25) is 5.91 Å². The number of amides is 1. The largest absolute Gasteiger partial charge is 0.476 e. The first kappa shape index (κ1) is 21.6. The molecule has 8 heteroatoms. The molecule has 1 aromatic carbocycles. The molecule has 0 aliphatic carbocycles. The van der Waals surface area contributed by atoms with Gasteiger partial charge < -0.3 is 15.3 Å². The second kappa shape index (κ2) is 10.6. The fourth-order valence-corrected chi connectivity index (χ4v) is 5.18. The summed E-state index contributed by atoms with van der Waals surface area (Å²) >= 11 is 2.83. The Morgan fingerprint density at radius 2 is 2.17 bits per heavy atom. The summed E-state index contributed by atoms with van der Waals surface area (Å²) in [5.74, 6) is -0.106. The van der Waals surface area contributed by atoms with Crippen LogP contribution in [-0.4, -0.2) is 51.8 Å². The zero-order valence-electron chi connectivity index (χ0n) is 16.6. The van der Waals surface area contributed by atoms with Crippen molar-refractivity contribution in [1.82, 2.24) is 9.88 Å². The zero-order chi connectivity index (χ0) is 20.6. The van der Waals surface area contributed by atoms with Gasteiger partial charge in [-0.2, -0.15) is 0 Å². The summed E-state index contributed by atoms with van der Waals surface area (Å²) in [5.41, 5.74) is 2.53. The highest BCUT2D eigenvalue weighted by atomic mass is 32.2. The number of thiazole rings is 1. The minimum atomic E-state index is -1.01. The van der Waals surface area contributed by atoms with Gasteiger partial charge in [0.1, 0.15) is 0 Å². The first-order valence-corrected chi connectivity index (χ1v) is 11.9. The van der Waals surface area contributed by atoms with E-state index >= 15 is 0 Å². The van der Waals surface area contributed by atoms with Gasteiger partial charge in [-0.15, -0.1) is 11.3 Å². The molecule has 0 bridgehead atoms. The Kier molecular flexibility index (Phi) is 7.94. The molecule has 2 heterocycles. The Bertz CT molecular complexity index is 823. The van der Waals surface area contributed by atoms with Gasteiger partial charge >= 0.3 is 5.97 Å². The number of aromatic carboxylic acids is 1. The number of carboxylic acids is 1. The number of aromatic nitrogens is 1. The van der Waals surface area contributed by atoms with Crippen molar-refractivity contribution in [3.63, 3.8) is 0 Å². The number of unbranched alkanes of at least 4 members (excludes halogenated alkanes) is 1. The number of hydrogen-bond acceptors (Lipinski definition) is 6. The summed E-state index contributed by atoms with van der Waals surface area (Å²) in [6, 6.07) is 8.76.